The summed E-state index contributed by atoms with van der Waals surface area (Å²) in [6.07, 6.45) is 0.249. The molecule has 4 amide bonds. The molecule has 37 heavy (non-hydrogen) atoms. The number of carbonyl (C=O) groups excluding carboxylic acids is 5. The van der Waals surface area contributed by atoms with Crippen molar-refractivity contribution >= 4 is 29.8 Å². The monoisotopic (exact) mass is 518 g/mol. The van der Waals surface area contributed by atoms with Gasteiger partial charge >= 0.3 is 12.1 Å². The molecule has 1 aromatic carbocycles. The number of amides is 4. The van der Waals surface area contributed by atoms with Crippen LogP contribution < -0.4 is 16.4 Å². The number of carbonyl (C=O) groups is 5. The van der Waals surface area contributed by atoms with Gasteiger partial charge in [0, 0.05) is 13.0 Å². The van der Waals surface area contributed by atoms with Gasteiger partial charge in [-0.25, -0.2) is 4.79 Å². The number of nitrogens with one attached hydrogen (secondary N) is 2. The van der Waals surface area contributed by atoms with Crippen LogP contribution in [0.25, 0.3) is 0 Å². The summed E-state index contributed by atoms with van der Waals surface area (Å²) in [6, 6.07) is 2.98. The minimum atomic E-state index is -1.23. The van der Waals surface area contributed by atoms with E-state index in [0.29, 0.717) is 5.56 Å². The van der Waals surface area contributed by atoms with Crippen molar-refractivity contribution in [3.63, 3.8) is 0 Å². The summed E-state index contributed by atoms with van der Waals surface area (Å²) >= 11 is 0. The van der Waals surface area contributed by atoms with Crippen LogP contribution in [-0.2, 0) is 28.7 Å². The lowest BCUT2D eigenvalue weighted by Gasteiger charge is -2.35. The third kappa shape index (κ3) is 9.94. The van der Waals surface area contributed by atoms with Crippen LogP contribution in [0.2, 0.25) is 0 Å². The third-order valence-electron chi connectivity index (χ3n) is 5.29. The molecular formula is C26H38N4O7. The maximum Gasteiger partial charge on any atom is 0.408 e. The predicted octanol–water partition coefficient (Wildman–Crippen LogP) is 1.81. The summed E-state index contributed by atoms with van der Waals surface area (Å²) in [5, 5.41) is 5.01. The first kappa shape index (κ1) is 31.1. The highest BCUT2D eigenvalue weighted by Gasteiger charge is 2.37. The molecule has 0 spiro atoms. The molecule has 1 rings (SSSR count). The van der Waals surface area contributed by atoms with Crippen molar-refractivity contribution in [3.05, 3.63) is 47.5 Å². The first-order chi connectivity index (χ1) is 17.2. The van der Waals surface area contributed by atoms with Crippen molar-refractivity contribution in [1.29, 1.82) is 0 Å². The quantitative estimate of drug-likeness (QED) is 0.281. The average Bonchev–Trinajstić information content (AvgIpc) is 2.79. The number of primary amides is 1. The van der Waals surface area contributed by atoms with Gasteiger partial charge in [-0.15, -0.1) is 6.58 Å². The van der Waals surface area contributed by atoms with E-state index in [1.54, 1.807) is 46.8 Å². The fourth-order valence-corrected chi connectivity index (χ4v) is 3.67. The zero-order valence-corrected chi connectivity index (χ0v) is 22.4. The van der Waals surface area contributed by atoms with Crippen LogP contribution >= 0.6 is 0 Å². The van der Waals surface area contributed by atoms with Gasteiger partial charge in [0.05, 0.1) is 7.11 Å². The fourth-order valence-electron chi connectivity index (χ4n) is 3.67. The van der Waals surface area contributed by atoms with E-state index in [0.717, 1.165) is 11.1 Å². The lowest BCUT2D eigenvalue weighted by atomic mass is 9.93. The Morgan fingerprint density at radius 3 is 2.22 bits per heavy atom. The summed E-state index contributed by atoms with van der Waals surface area (Å²) in [6.45, 7) is 11.8. The molecule has 11 heteroatoms. The molecule has 1 aromatic rings. The van der Waals surface area contributed by atoms with Crippen LogP contribution in [0.3, 0.4) is 0 Å². The smallest absolute Gasteiger partial charge is 0.408 e. The van der Waals surface area contributed by atoms with Crippen LogP contribution in [0, 0.1) is 13.8 Å². The van der Waals surface area contributed by atoms with Gasteiger partial charge in [0.15, 0.2) is 0 Å². The summed E-state index contributed by atoms with van der Waals surface area (Å²) in [5.74, 6) is -2.63. The molecule has 0 radical (unpaired) electrons. The predicted molar refractivity (Wildman–Crippen MR) is 137 cm³/mol. The topological polar surface area (TPSA) is 157 Å². The van der Waals surface area contributed by atoms with E-state index >= 15 is 0 Å². The van der Waals surface area contributed by atoms with E-state index in [2.05, 4.69) is 21.9 Å². The number of hydrogen-bond donors (Lipinski definition) is 3. The van der Waals surface area contributed by atoms with Gasteiger partial charge in [-0.2, -0.15) is 0 Å². The van der Waals surface area contributed by atoms with E-state index in [-0.39, 0.29) is 19.4 Å². The van der Waals surface area contributed by atoms with Crippen LogP contribution in [0.15, 0.2) is 30.9 Å². The summed E-state index contributed by atoms with van der Waals surface area (Å²) in [4.78, 5) is 64.3. The molecule has 4 N–H and O–H groups in total. The highest BCUT2D eigenvalue weighted by molar-refractivity contribution is 5.94. The molecule has 0 fully saturated rings. The van der Waals surface area contributed by atoms with Gasteiger partial charge in [-0.1, -0.05) is 24.3 Å². The van der Waals surface area contributed by atoms with Crippen LogP contribution in [0.4, 0.5) is 4.79 Å². The van der Waals surface area contributed by atoms with Gasteiger partial charge in [-0.3, -0.25) is 19.2 Å². The van der Waals surface area contributed by atoms with E-state index in [4.69, 9.17) is 10.5 Å². The minimum Gasteiger partial charge on any atom is -0.468 e. The number of aryl methyl sites for hydroxylation is 2. The molecule has 0 heterocycles. The van der Waals surface area contributed by atoms with E-state index in [1.165, 1.54) is 18.1 Å². The normalized spacial score (nSPS) is 12.5. The molecule has 0 saturated heterocycles. The number of ether oxygens (including phenoxy) is 2. The van der Waals surface area contributed by atoms with Gasteiger partial charge in [-0.05, 0) is 57.7 Å². The molecule has 2 unspecified atom stereocenters. The largest absolute Gasteiger partial charge is 0.468 e. The Labute approximate surface area is 217 Å². The molecule has 0 aliphatic carbocycles. The first-order valence-corrected chi connectivity index (χ1v) is 11.8. The SMILES string of the molecule is C=CCN(C(=O)C(CCC(N)=O)NC(=O)OC(C)(C)C)C(C(=O)NCC(=O)OC)c1c(C)cccc1C. The molecular weight excluding hydrogens is 480 g/mol. The number of rotatable bonds is 12. The number of alkyl carbamates (subject to hydrolysis) is 1. The molecule has 0 aromatic heterocycles. The Kier molecular flexibility index (Phi) is 11.8. The van der Waals surface area contributed by atoms with Crippen LogP contribution in [0.5, 0.6) is 0 Å². The number of methoxy groups -OCH3 is 1. The minimum absolute atomic E-state index is 0.0774. The Balaban J connectivity index is 3.54. The number of esters is 1. The summed E-state index contributed by atoms with van der Waals surface area (Å²) in [5.41, 5.74) is 6.47. The maximum atomic E-state index is 13.9. The highest BCUT2D eigenvalue weighted by atomic mass is 16.6. The molecule has 0 aliphatic rings. The van der Waals surface area contributed by atoms with Crippen molar-refractivity contribution < 1.29 is 33.4 Å². The average molecular weight is 519 g/mol. The first-order valence-electron chi connectivity index (χ1n) is 11.8. The second kappa shape index (κ2) is 14.0. The number of hydrogen-bond acceptors (Lipinski definition) is 7. The number of benzene rings is 1. The molecule has 11 nitrogen and oxygen atoms in total. The molecule has 0 bridgehead atoms. The van der Waals surface area contributed by atoms with Crippen molar-refractivity contribution in [2.75, 3.05) is 20.2 Å². The Bertz CT molecular complexity index is 996. The van der Waals surface area contributed by atoms with Gasteiger partial charge in [0.25, 0.3) is 0 Å². The number of nitrogens with two attached hydrogens (primary N) is 1. The Morgan fingerprint density at radius 2 is 1.73 bits per heavy atom. The van der Waals surface area contributed by atoms with Gasteiger partial charge in [0.2, 0.25) is 17.7 Å². The van der Waals surface area contributed by atoms with E-state index in [1.807, 2.05) is 6.07 Å². The second-order valence-corrected chi connectivity index (χ2v) is 9.49. The van der Waals surface area contributed by atoms with E-state index in [9.17, 15) is 24.0 Å². The molecule has 0 aliphatic heterocycles. The Hall–Kier alpha value is -3.89. The zero-order valence-electron chi connectivity index (χ0n) is 22.4. The number of nitrogens with zero attached hydrogens (tertiary/aromatic N) is 1. The van der Waals surface area contributed by atoms with Crippen molar-refractivity contribution in [2.24, 2.45) is 5.73 Å². The van der Waals surface area contributed by atoms with Crippen LogP contribution in [-0.4, -0.2) is 66.5 Å². The zero-order chi connectivity index (χ0) is 28.3. The van der Waals surface area contributed by atoms with Crippen molar-refractivity contribution in [3.8, 4) is 0 Å². The third-order valence-corrected chi connectivity index (χ3v) is 5.29. The second-order valence-electron chi connectivity index (χ2n) is 9.49. The summed E-state index contributed by atoms with van der Waals surface area (Å²) in [7, 11) is 1.19. The lowest BCUT2D eigenvalue weighted by molar-refractivity contribution is -0.144. The Morgan fingerprint density at radius 1 is 1.14 bits per heavy atom. The molecule has 0 saturated carbocycles. The molecule has 204 valence electrons. The highest BCUT2D eigenvalue weighted by Crippen LogP contribution is 2.29. The van der Waals surface area contributed by atoms with Crippen molar-refractivity contribution in [2.45, 2.75) is 65.1 Å². The van der Waals surface area contributed by atoms with Crippen molar-refractivity contribution in [1.82, 2.24) is 15.5 Å². The molecule has 2 atom stereocenters. The lowest BCUT2D eigenvalue weighted by Crippen LogP contribution is -2.53. The van der Waals surface area contributed by atoms with Gasteiger partial charge in [0.1, 0.15) is 24.2 Å². The van der Waals surface area contributed by atoms with E-state index < -0.39 is 54.0 Å². The maximum absolute atomic E-state index is 13.9. The fraction of sp³-hybridized carbons (Fsp3) is 0.500. The van der Waals surface area contributed by atoms with Gasteiger partial charge < -0.3 is 30.7 Å². The van der Waals surface area contributed by atoms with Crippen LogP contribution in [0.1, 0.15) is 56.3 Å². The summed E-state index contributed by atoms with van der Waals surface area (Å²) < 4.78 is 9.89. The standard InChI is InChI=1S/C26H38N4O7/c1-8-14-30(24(34)18(12-13-19(27)31)29-25(35)37-26(4,5)6)22(23(33)28-15-20(32)36-7)21-16(2)10-9-11-17(21)3/h8-11,18,22H,1,12-15H2,2-7H3,(H2,27,31)(H,28,33)(H,29,35).